The first kappa shape index (κ1) is 7.89. The van der Waals surface area contributed by atoms with Crippen molar-refractivity contribution >= 4 is 8.60 Å². The molecule has 0 unspecified atom stereocenters. The predicted octanol–water partition coefficient (Wildman–Crippen LogP) is 1.14. The van der Waals surface area contributed by atoms with Crippen LogP contribution in [0.5, 0.6) is 0 Å². The van der Waals surface area contributed by atoms with Crippen molar-refractivity contribution in [1.29, 1.82) is 0 Å². The second kappa shape index (κ2) is 3.84. The Morgan fingerprint density at radius 3 is 2.12 bits per heavy atom. The van der Waals surface area contributed by atoms with Crippen molar-refractivity contribution in [3.63, 3.8) is 0 Å². The molecular formula is C4H9O3P. The Balaban J connectivity index is 3.29. The first-order valence-electron chi connectivity index (χ1n) is 2.11. The third kappa shape index (κ3) is 5.89. The minimum atomic E-state index is -2.21. The molecule has 0 fully saturated rings. The molecule has 0 amide bonds. The summed E-state index contributed by atoms with van der Waals surface area (Å²) in [6, 6.07) is 0. The van der Waals surface area contributed by atoms with Crippen LogP contribution in [0.1, 0.15) is 13.8 Å². The Kier molecular flexibility index (Phi) is 3.79. The zero-order chi connectivity index (χ0) is 6.57. The fraction of sp³-hybridized carbons (Fsp3) is 0.500. The van der Waals surface area contributed by atoms with Crippen LogP contribution < -0.4 is 0 Å². The summed E-state index contributed by atoms with van der Waals surface area (Å²) in [5.74, 6) is 0. The van der Waals surface area contributed by atoms with E-state index < -0.39 is 8.60 Å². The quantitative estimate of drug-likeness (QED) is 0.442. The smallest absolute Gasteiger partial charge is 0.390 e. The van der Waals surface area contributed by atoms with Crippen LogP contribution in [0.15, 0.2) is 11.8 Å². The van der Waals surface area contributed by atoms with Gasteiger partial charge in [0.05, 0.1) is 6.26 Å². The van der Waals surface area contributed by atoms with Crippen molar-refractivity contribution in [2.45, 2.75) is 13.8 Å². The first-order valence-corrected chi connectivity index (χ1v) is 3.27. The topological polar surface area (TPSA) is 49.7 Å². The molecule has 0 radical (unpaired) electrons. The van der Waals surface area contributed by atoms with E-state index in [9.17, 15) is 0 Å². The standard InChI is InChI=1S/C4H9O3P/c1-4(2)3-7-8(5)6/h3,5-6H,1-2H3. The van der Waals surface area contributed by atoms with E-state index in [0.717, 1.165) is 5.57 Å². The fourth-order valence-corrected chi connectivity index (χ4v) is 0.458. The van der Waals surface area contributed by atoms with Crippen LogP contribution in [0.4, 0.5) is 0 Å². The van der Waals surface area contributed by atoms with Crippen LogP contribution >= 0.6 is 8.60 Å². The van der Waals surface area contributed by atoms with Gasteiger partial charge >= 0.3 is 8.60 Å². The molecule has 0 aliphatic carbocycles. The molecule has 2 N–H and O–H groups in total. The van der Waals surface area contributed by atoms with Crippen molar-refractivity contribution in [3.8, 4) is 0 Å². The second-order valence-electron chi connectivity index (χ2n) is 1.55. The minimum Gasteiger partial charge on any atom is -0.435 e. The van der Waals surface area contributed by atoms with Gasteiger partial charge in [-0.1, -0.05) is 0 Å². The molecule has 0 saturated carbocycles. The minimum absolute atomic E-state index is 0.903. The van der Waals surface area contributed by atoms with E-state index in [4.69, 9.17) is 9.79 Å². The van der Waals surface area contributed by atoms with Crippen molar-refractivity contribution in [2.24, 2.45) is 0 Å². The molecule has 0 aromatic rings. The third-order valence-electron chi connectivity index (χ3n) is 0.383. The summed E-state index contributed by atoms with van der Waals surface area (Å²) < 4.78 is 4.32. The van der Waals surface area contributed by atoms with E-state index in [1.54, 1.807) is 13.8 Å². The van der Waals surface area contributed by atoms with Gasteiger partial charge in [-0.15, -0.1) is 0 Å². The van der Waals surface area contributed by atoms with E-state index in [-0.39, 0.29) is 0 Å². The number of hydrogen-bond donors (Lipinski definition) is 2. The lowest BCUT2D eigenvalue weighted by atomic mass is 10.4. The second-order valence-corrected chi connectivity index (χ2v) is 2.27. The Labute approximate surface area is 49.6 Å². The predicted molar refractivity (Wildman–Crippen MR) is 31.9 cm³/mol. The van der Waals surface area contributed by atoms with Crippen molar-refractivity contribution in [1.82, 2.24) is 0 Å². The van der Waals surface area contributed by atoms with Crippen LogP contribution in [0.3, 0.4) is 0 Å². The molecule has 8 heavy (non-hydrogen) atoms. The highest BCUT2D eigenvalue weighted by molar-refractivity contribution is 7.39. The van der Waals surface area contributed by atoms with Crippen LogP contribution in [-0.4, -0.2) is 9.79 Å². The first-order chi connectivity index (χ1) is 3.63. The lowest BCUT2D eigenvalue weighted by Gasteiger charge is -1.97. The van der Waals surface area contributed by atoms with Gasteiger partial charge in [0.2, 0.25) is 0 Å². The van der Waals surface area contributed by atoms with E-state index in [1.165, 1.54) is 6.26 Å². The van der Waals surface area contributed by atoms with Crippen LogP contribution in [-0.2, 0) is 4.52 Å². The maximum absolute atomic E-state index is 8.15. The van der Waals surface area contributed by atoms with Gasteiger partial charge in [0.1, 0.15) is 0 Å². The van der Waals surface area contributed by atoms with Gasteiger partial charge in [-0.25, -0.2) is 0 Å². The maximum Gasteiger partial charge on any atom is 0.390 e. The average molecular weight is 136 g/mol. The van der Waals surface area contributed by atoms with E-state index in [0.29, 0.717) is 0 Å². The largest absolute Gasteiger partial charge is 0.435 e. The molecule has 0 rings (SSSR count). The lowest BCUT2D eigenvalue weighted by Crippen LogP contribution is -1.72. The molecule has 0 bridgehead atoms. The average Bonchev–Trinajstić information content (AvgIpc) is 1.61. The Morgan fingerprint density at radius 2 is 2.00 bits per heavy atom. The third-order valence-corrected chi connectivity index (χ3v) is 0.677. The number of rotatable bonds is 2. The highest BCUT2D eigenvalue weighted by Crippen LogP contribution is 2.24. The summed E-state index contributed by atoms with van der Waals surface area (Å²) in [5, 5.41) is 0. The highest BCUT2D eigenvalue weighted by Gasteiger charge is 1.92. The van der Waals surface area contributed by atoms with Gasteiger partial charge in [0.15, 0.2) is 0 Å². The zero-order valence-corrected chi connectivity index (χ0v) is 5.72. The van der Waals surface area contributed by atoms with Gasteiger partial charge in [-0.2, -0.15) is 0 Å². The summed E-state index contributed by atoms with van der Waals surface area (Å²) in [6.45, 7) is 3.61. The monoisotopic (exact) mass is 136 g/mol. The lowest BCUT2D eigenvalue weighted by molar-refractivity contribution is 0.340. The van der Waals surface area contributed by atoms with E-state index >= 15 is 0 Å². The molecule has 0 aliphatic heterocycles. The molecule has 0 spiro atoms. The Hall–Kier alpha value is -0.110. The van der Waals surface area contributed by atoms with E-state index in [1.807, 2.05) is 0 Å². The Morgan fingerprint density at radius 1 is 1.50 bits per heavy atom. The fourth-order valence-electron chi connectivity index (χ4n) is 0.153. The van der Waals surface area contributed by atoms with Crippen molar-refractivity contribution < 1.29 is 14.3 Å². The van der Waals surface area contributed by atoms with Crippen LogP contribution in [0, 0.1) is 0 Å². The summed E-state index contributed by atoms with van der Waals surface area (Å²) in [4.78, 5) is 16.3. The molecule has 4 heteroatoms. The molecule has 0 aromatic heterocycles. The van der Waals surface area contributed by atoms with E-state index in [2.05, 4.69) is 4.52 Å². The molecule has 0 heterocycles. The van der Waals surface area contributed by atoms with Crippen LogP contribution in [0.2, 0.25) is 0 Å². The summed E-state index contributed by atoms with van der Waals surface area (Å²) in [6.07, 6.45) is 1.31. The molecule has 0 aromatic carbocycles. The maximum atomic E-state index is 8.15. The zero-order valence-electron chi connectivity index (χ0n) is 4.83. The summed E-state index contributed by atoms with van der Waals surface area (Å²) in [5.41, 5.74) is 0.903. The Bertz CT molecular complexity index is 85.3. The molecular weight excluding hydrogens is 127 g/mol. The summed E-state index contributed by atoms with van der Waals surface area (Å²) >= 11 is 0. The summed E-state index contributed by atoms with van der Waals surface area (Å²) in [7, 11) is -2.21. The SMILES string of the molecule is CC(C)=COP(O)O. The molecule has 0 aliphatic rings. The van der Waals surface area contributed by atoms with Gasteiger partial charge in [-0.3, -0.25) is 0 Å². The highest BCUT2D eigenvalue weighted by atomic mass is 31.2. The van der Waals surface area contributed by atoms with Gasteiger partial charge < -0.3 is 14.3 Å². The molecule has 3 nitrogen and oxygen atoms in total. The number of allylic oxidation sites excluding steroid dienone is 1. The van der Waals surface area contributed by atoms with Gasteiger partial charge in [0, 0.05) is 0 Å². The number of hydrogen-bond acceptors (Lipinski definition) is 3. The normalized spacial score (nSPS) is 9.12. The molecule has 0 atom stereocenters. The van der Waals surface area contributed by atoms with Crippen LogP contribution in [0.25, 0.3) is 0 Å². The molecule has 0 saturated heterocycles. The molecule has 48 valence electrons. The van der Waals surface area contributed by atoms with Gasteiger partial charge in [-0.05, 0) is 19.4 Å². The van der Waals surface area contributed by atoms with Crippen molar-refractivity contribution in [2.75, 3.05) is 0 Å². The van der Waals surface area contributed by atoms with Gasteiger partial charge in [0.25, 0.3) is 0 Å². The van der Waals surface area contributed by atoms with Crippen molar-refractivity contribution in [3.05, 3.63) is 11.8 Å².